The number of ether oxygens (including phenoxy) is 1. The van der Waals surface area contributed by atoms with Crippen LogP contribution in [0.3, 0.4) is 0 Å². The van der Waals surface area contributed by atoms with Gasteiger partial charge in [-0.3, -0.25) is 4.40 Å². The van der Waals surface area contributed by atoms with Gasteiger partial charge in [-0.25, -0.2) is 19.3 Å². The SMILES string of the molecule is CC(C)(Oc1ncc(-c2cc3cncn3cn2)cc1F)C(F)(F)F. The first-order valence-electron chi connectivity index (χ1n) is 6.87. The maximum absolute atomic E-state index is 14.1. The zero-order chi connectivity index (χ0) is 17.5. The second kappa shape index (κ2) is 5.43. The summed E-state index contributed by atoms with van der Waals surface area (Å²) in [5.74, 6) is -1.72. The normalized spacial score (nSPS) is 12.6. The quantitative estimate of drug-likeness (QED) is 0.683. The van der Waals surface area contributed by atoms with Crippen LogP contribution < -0.4 is 4.74 Å². The lowest BCUT2D eigenvalue weighted by Crippen LogP contribution is -2.45. The molecule has 0 spiro atoms. The lowest BCUT2D eigenvalue weighted by atomic mass is 10.1. The van der Waals surface area contributed by atoms with E-state index in [1.807, 2.05) is 0 Å². The van der Waals surface area contributed by atoms with E-state index in [1.54, 1.807) is 23.0 Å². The predicted molar refractivity (Wildman–Crippen MR) is 76.9 cm³/mol. The summed E-state index contributed by atoms with van der Waals surface area (Å²) in [6.45, 7) is 1.61. The average molecular weight is 340 g/mol. The number of pyridine rings is 1. The number of imidazole rings is 1. The summed E-state index contributed by atoms with van der Waals surface area (Å²) >= 11 is 0. The van der Waals surface area contributed by atoms with Crippen LogP contribution >= 0.6 is 0 Å². The van der Waals surface area contributed by atoms with Crippen LogP contribution in [-0.4, -0.2) is 31.1 Å². The molecule has 24 heavy (non-hydrogen) atoms. The standard InChI is InChI=1S/C15H12F4N4O/c1-14(2,15(17,18)19)24-13-11(16)3-9(5-21-13)12-4-10-6-20-7-23(10)8-22-12/h3-8H,1-2H3. The van der Waals surface area contributed by atoms with Gasteiger partial charge < -0.3 is 4.74 Å². The van der Waals surface area contributed by atoms with Crippen molar-refractivity contribution in [1.29, 1.82) is 0 Å². The molecule has 0 bridgehead atoms. The molecule has 0 atom stereocenters. The number of alkyl halides is 3. The van der Waals surface area contributed by atoms with Gasteiger partial charge in [0, 0.05) is 11.8 Å². The highest BCUT2D eigenvalue weighted by atomic mass is 19.4. The molecule has 9 heteroatoms. The van der Waals surface area contributed by atoms with Gasteiger partial charge in [0.25, 0.3) is 5.88 Å². The zero-order valence-electron chi connectivity index (χ0n) is 12.7. The first-order valence-corrected chi connectivity index (χ1v) is 6.87. The highest BCUT2D eigenvalue weighted by molar-refractivity contribution is 5.64. The molecule has 3 aromatic heterocycles. The van der Waals surface area contributed by atoms with Crippen LogP contribution in [0.1, 0.15) is 13.8 Å². The van der Waals surface area contributed by atoms with Crippen molar-refractivity contribution in [2.75, 3.05) is 0 Å². The van der Waals surface area contributed by atoms with Gasteiger partial charge in [-0.2, -0.15) is 13.2 Å². The molecule has 0 aliphatic heterocycles. The lowest BCUT2D eigenvalue weighted by molar-refractivity contribution is -0.235. The number of fused-ring (bicyclic) bond motifs is 1. The first kappa shape index (κ1) is 16.2. The van der Waals surface area contributed by atoms with E-state index in [0.717, 1.165) is 25.4 Å². The third-order valence-corrected chi connectivity index (χ3v) is 3.44. The largest absolute Gasteiger partial charge is 0.460 e. The summed E-state index contributed by atoms with van der Waals surface area (Å²) < 4.78 is 58.9. The lowest BCUT2D eigenvalue weighted by Gasteiger charge is -2.28. The molecule has 126 valence electrons. The molecule has 0 aliphatic rings. The summed E-state index contributed by atoms with van der Waals surface area (Å²) in [4.78, 5) is 11.7. The number of halogens is 4. The van der Waals surface area contributed by atoms with E-state index in [0.29, 0.717) is 11.3 Å². The fourth-order valence-corrected chi connectivity index (χ4v) is 1.92. The molecule has 0 saturated heterocycles. The smallest absolute Gasteiger partial charge is 0.427 e. The third kappa shape index (κ3) is 2.89. The predicted octanol–water partition coefficient (Wildman–Crippen LogP) is 3.65. The Balaban J connectivity index is 1.92. The Labute approximate surface area is 134 Å². The van der Waals surface area contributed by atoms with Gasteiger partial charge in [0.2, 0.25) is 0 Å². The van der Waals surface area contributed by atoms with Gasteiger partial charge in [0.1, 0.15) is 12.7 Å². The van der Waals surface area contributed by atoms with E-state index in [9.17, 15) is 17.6 Å². The van der Waals surface area contributed by atoms with Crippen molar-refractivity contribution in [2.45, 2.75) is 25.6 Å². The molecule has 0 fully saturated rings. The second-order valence-corrected chi connectivity index (χ2v) is 5.62. The molecule has 0 N–H and O–H groups in total. The van der Waals surface area contributed by atoms with Crippen molar-refractivity contribution in [1.82, 2.24) is 19.4 Å². The van der Waals surface area contributed by atoms with Gasteiger partial charge in [0.05, 0.1) is 17.4 Å². The second-order valence-electron chi connectivity index (χ2n) is 5.62. The van der Waals surface area contributed by atoms with Gasteiger partial charge in [-0.05, 0) is 26.0 Å². The molecule has 3 rings (SSSR count). The molecule has 0 unspecified atom stereocenters. The summed E-state index contributed by atoms with van der Waals surface area (Å²) in [6, 6.07) is 2.69. The van der Waals surface area contributed by atoms with Crippen LogP contribution in [0.5, 0.6) is 5.88 Å². The molecule has 0 aliphatic carbocycles. The van der Waals surface area contributed by atoms with Crippen molar-refractivity contribution >= 4 is 5.52 Å². The fourth-order valence-electron chi connectivity index (χ4n) is 1.92. The molecule has 0 radical (unpaired) electrons. The van der Waals surface area contributed by atoms with Crippen molar-refractivity contribution in [3.8, 4) is 17.1 Å². The summed E-state index contributed by atoms with van der Waals surface area (Å²) in [6.07, 6.45) is 1.20. The molecular formula is C15H12F4N4O. The Morgan fingerprint density at radius 2 is 1.79 bits per heavy atom. The molecule has 3 aromatic rings. The van der Waals surface area contributed by atoms with Crippen LogP contribution in [0.4, 0.5) is 17.6 Å². The number of rotatable bonds is 3. The van der Waals surface area contributed by atoms with Crippen molar-refractivity contribution < 1.29 is 22.3 Å². The highest BCUT2D eigenvalue weighted by Gasteiger charge is 2.50. The zero-order valence-corrected chi connectivity index (χ0v) is 12.7. The van der Waals surface area contributed by atoms with E-state index in [-0.39, 0.29) is 0 Å². The topological polar surface area (TPSA) is 52.3 Å². The van der Waals surface area contributed by atoms with Crippen LogP contribution in [0.2, 0.25) is 0 Å². The minimum atomic E-state index is -4.66. The van der Waals surface area contributed by atoms with Crippen molar-refractivity contribution in [2.24, 2.45) is 0 Å². The number of aromatic nitrogens is 4. The van der Waals surface area contributed by atoms with E-state index in [2.05, 4.69) is 15.0 Å². The molecular weight excluding hydrogens is 328 g/mol. The third-order valence-electron chi connectivity index (χ3n) is 3.44. The molecule has 0 aromatic carbocycles. The maximum Gasteiger partial charge on any atom is 0.427 e. The van der Waals surface area contributed by atoms with Crippen LogP contribution in [0, 0.1) is 5.82 Å². The van der Waals surface area contributed by atoms with E-state index >= 15 is 0 Å². The Bertz CT molecular complexity index is 889. The summed E-state index contributed by atoms with van der Waals surface area (Å²) in [5.41, 5.74) is -1.10. The summed E-state index contributed by atoms with van der Waals surface area (Å²) in [5, 5.41) is 0. The van der Waals surface area contributed by atoms with Crippen molar-refractivity contribution in [3.63, 3.8) is 0 Å². The van der Waals surface area contributed by atoms with Gasteiger partial charge in [-0.1, -0.05) is 0 Å². The first-order chi connectivity index (χ1) is 11.2. The average Bonchev–Trinajstić information content (AvgIpc) is 2.95. The Hall–Kier alpha value is -2.71. The number of hydrogen-bond donors (Lipinski definition) is 0. The molecule has 0 saturated carbocycles. The minimum absolute atomic E-state index is 0.313. The van der Waals surface area contributed by atoms with Gasteiger partial charge >= 0.3 is 6.18 Å². The maximum atomic E-state index is 14.1. The van der Waals surface area contributed by atoms with E-state index in [1.165, 1.54) is 12.5 Å². The monoisotopic (exact) mass is 340 g/mol. The van der Waals surface area contributed by atoms with Crippen LogP contribution in [-0.2, 0) is 0 Å². The van der Waals surface area contributed by atoms with E-state index in [4.69, 9.17) is 4.74 Å². The minimum Gasteiger partial charge on any atom is -0.460 e. The van der Waals surface area contributed by atoms with Crippen LogP contribution in [0.25, 0.3) is 16.8 Å². The number of nitrogens with zero attached hydrogens (tertiary/aromatic N) is 4. The highest BCUT2D eigenvalue weighted by Crippen LogP contribution is 2.34. The summed E-state index contributed by atoms with van der Waals surface area (Å²) in [7, 11) is 0. The molecule has 0 amide bonds. The van der Waals surface area contributed by atoms with E-state index < -0.39 is 23.5 Å². The number of hydrogen-bond acceptors (Lipinski definition) is 4. The van der Waals surface area contributed by atoms with Gasteiger partial charge in [0.15, 0.2) is 11.4 Å². The van der Waals surface area contributed by atoms with Crippen molar-refractivity contribution in [3.05, 3.63) is 43.0 Å². The fraction of sp³-hybridized carbons (Fsp3) is 0.267. The Morgan fingerprint density at radius 3 is 2.46 bits per heavy atom. The Kier molecular flexibility index (Phi) is 3.66. The Morgan fingerprint density at radius 1 is 1.04 bits per heavy atom. The molecule has 5 nitrogen and oxygen atoms in total. The van der Waals surface area contributed by atoms with Gasteiger partial charge in [-0.15, -0.1) is 0 Å². The van der Waals surface area contributed by atoms with Crippen LogP contribution in [0.15, 0.2) is 37.2 Å². The molecule has 3 heterocycles.